The first kappa shape index (κ1) is 10.1. The van der Waals surface area contributed by atoms with Crippen LogP contribution >= 0.6 is 0 Å². The molecule has 2 fully saturated rings. The summed E-state index contributed by atoms with van der Waals surface area (Å²) in [6.45, 7) is 4.65. The quantitative estimate of drug-likeness (QED) is 0.763. The van der Waals surface area contributed by atoms with Crippen LogP contribution in [0.25, 0.3) is 0 Å². The van der Waals surface area contributed by atoms with E-state index in [0.717, 1.165) is 32.1 Å². The molecule has 2 saturated heterocycles. The van der Waals surface area contributed by atoms with Crippen LogP contribution in [0.15, 0.2) is 18.3 Å². The van der Waals surface area contributed by atoms with Gasteiger partial charge in [0.2, 0.25) is 0 Å². The van der Waals surface area contributed by atoms with Crippen LogP contribution in [0.2, 0.25) is 0 Å². The third-order valence-electron chi connectivity index (χ3n) is 3.31. The Morgan fingerprint density at radius 3 is 2.94 bits per heavy atom. The van der Waals surface area contributed by atoms with E-state index in [9.17, 15) is 0 Å². The Morgan fingerprint density at radius 1 is 1.50 bits per heavy atom. The molecule has 1 spiro atoms. The van der Waals surface area contributed by atoms with Crippen LogP contribution in [0.1, 0.15) is 5.56 Å². The standard InChI is InChI=1S/C12H16N2O2/c1-15-5-10-2-3-13-11(4-10)14-6-12(7-14)8-16-9-12/h2-4H,5-9H2,1H3. The summed E-state index contributed by atoms with van der Waals surface area (Å²) in [5, 5.41) is 0. The van der Waals surface area contributed by atoms with Crippen molar-refractivity contribution in [2.45, 2.75) is 6.61 Å². The summed E-state index contributed by atoms with van der Waals surface area (Å²) in [7, 11) is 1.71. The van der Waals surface area contributed by atoms with Gasteiger partial charge in [0.05, 0.1) is 25.2 Å². The van der Waals surface area contributed by atoms with Gasteiger partial charge in [0, 0.05) is 26.4 Å². The van der Waals surface area contributed by atoms with Crippen LogP contribution in [0.3, 0.4) is 0 Å². The lowest BCUT2D eigenvalue weighted by Crippen LogP contribution is -2.66. The van der Waals surface area contributed by atoms with E-state index >= 15 is 0 Å². The van der Waals surface area contributed by atoms with Gasteiger partial charge in [-0.05, 0) is 17.7 Å². The van der Waals surface area contributed by atoms with Crippen molar-refractivity contribution in [3.8, 4) is 0 Å². The Morgan fingerprint density at radius 2 is 2.31 bits per heavy atom. The normalized spacial score (nSPS) is 21.7. The van der Waals surface area contributed by atoms with Crippen LogP contribution in [-0.2, 0) is 16.1 Å². The minimum absolute atomic E-state index is 0.443. The summed E-state index contributed by atoms with van der Waals surface area (Å²) < 4.78 is 10.4. The van der Waals surface area contributed by atoms with E-state index < -0.39 is 0 Å². The fourth-order valence-electron chi connectivity index (χ4n) is 2.39. The number of aromatic nitrogens is 1. The summed E-state index contributed by atoms with van der Waals surface area (Å²) in [6, 6.07) is 4.10. The summed E-state index contributed by atoms with van der Waals surface area (Å²) in [6.07, 6.45) is 1.85. The Hall–Kier alpha value is -1.13. The lowest BCUT2D eigenvalue weighted by molar-refractivity contribution is -0.127. The minimum Gasteiger partial charge on any atom is -0.380 e. The second kappa shape index (κ2) is 3.71. The highest BCUT2D eigenvalue weighted by atomic mass is 16.5. The third kappa shape index (κ3) is 1.58. The van der Waals surface area contributed by atoms with Crippen molar-refractivity contribution in [1.29, 1.82) is 0 Å². The van der Waals surface area contributed by atoms with Gasteiger partial charge in [0.15, 0.2) is 0 Å². The van der Waals surface area contributed by atoms with Crippen molar-refractivity contribution < 1.29 is 9.47 Å². The monoisotopic (exact) mass is 220 g/mol. The average Bonchev–Trinajstić information content (AvgIpc) is 2.14. The second-order valence-electron chi connectivity index (χ2n) is 4.80. The lowest BCUT2D eigenvalue weighted by atomic mass is 9.78. The van der Waals surface area contributed by atoms with Crippen molar-refractivity contribution in [1.82, 2.24) is 4.98 Å². The number of pyridine rings is 1. The molecule has 0 atom stereocenters. The number of anilines is 1. The Balaban J connectivity index is 1.68. The summed E-state index contributed by atoms with van der Waals surface area (Å²) >= 11 is 0. The van der Waals surface area contributed by atoms with Gasteiger partial charge >= 0.3 is 0 Å². The number of methoxy groups -OCH3 is 1. The number of ether oxygens (including phenoxy) is 2. The fourth-order valence-corrected chi connectivity index (χ4v) is 2.39. The number of rotatable bonds is 3. The molecular weight excluding hydrogens is 204 g/mol. The van der Waals surface area contributed by atoms with Gasteiger partial charge in [-0.2, -0.15) is 0 Å². The molecule has 0 bridgehead atoms. The van der Waals surface area contributed by atoms with E-state index in [1.54, 1.807) is 7.11 Å². The van der Waals surface area contributed by atoms with Gasteiger partial charge in [-0.3, -0.25) is 0 Å². The molecule has 0 aromatic carbocycles. The van der Waals surface area contributed by atoms with E-state index in [1.165, 1.54) is 5.56 Å². The molecule has 1 aromatic rings. The zero-order valence-corrected chi connectivity index (χ0v) is 9.48. The molecule has 2 aliphatic rings. The van der Waals surface area contributed by atoms with Crippen LogP contribution < -0.4 is 4.90 Å². The van der Waals surface area contributed by atoms with Crippen LogP contribution in [-0.4, -0.2) is 38.4 Å². The molecule has 4 heteroatoms. The van der Waals surface area contributed by atoms with Crippen LogP contribution in [0.5, 0.6) is 0 Å². The summed E-state index contributed by atoms with van der Waals surface area (Å²) in [5.41, 5.74) is 1.62. The largest absolute Gasteiger partial charge is 0.380 e. The molecule has 16 heavy (non-hydrogen) atoms. The number of hydrogen-bond donors (Lipinski definition) is 0. The topological polar surface area (TPSA) is 34.6 Å². The van der Waals surface area contributed by atoms with E-state index in [-0.39, 0.29) is 0 Å². The Bertz CT molecular complexity index is 382. The molecule has 0 radical (unpaired) electrons. The maximum absolute atomic E-state index is 5.26. The van der Waals surface area contributed by atoms with Crippen molar-refractivity contribution in [2.75, 3.05) is 38.3 Å². The van der Waals surface area contributed by atoms with Gasteiger partial charge in [0.25, 0.3) is 0 Å². The molecule has 0 aliphatic carbocycles. The highest BCUT2D eigenvalue weighted by Gasteiger charge is 2.49. The Kier molecular flexibility index (Phi) is 2.33. The van der Waals surface area contributed by atoms with Gasteiger partial charge in [-0.25, -0.2) is 4.98 Å². The molecule has 4 nitrogen and oxygen atoms in total. The van der Waals surface area contributed by atoms with Gasteiger partial charge in [0.1, 0.15) is 5.82 Å². The van der Waals surface area contributed by atoms with Gasteiger partial charge in [-0.15, -0.1) is 0 Å². The zero-order valence-electron chi connectivity index (χ0n) is 9.48. The van der Waals surface area contributed by atoms with Crippen molar-refractivity contribution >= 4 is 5.82 Å². The zero-order chi connectivity index (χ0) is 11.0. The third-order valence-corrected chi connectivity index (χ3v) is 3.31. The van der Waals surface area contributed by atoms with E-state index in [4.69, 9.17) is 9.47 Å². The number of hydrogen-bond acceptors (Lipinski definition) is 4. The maximum atomic E-state index is 5.26. The second-order valence-corrected chi connectivity index (χ2v) is 4.80. The number of nitrogens with zero attached hydrogens (tertiary/aromatic N) is 2. The highest BCUT2D eigenvalue weighted by Crippen LogP contribution is 2.39. The predicted molar refractivity (Wildman–Crippen MR) is 60.4 cm³/mol. The van der Waals surface area contributed by atoms with E-state index in [2.05, 4.69) is 16.0 Å². The Labute approximate surface area is 95.2 Å². The summed E-state index contributed by atoms with van der Waals surface area (Å²) in [5.74, 6) is 1.06. The van der Waals surface area contributed by atoms with Crippen LogP contribution in [0, 0.1) is 5.41 Å². The van der Waals surface area contributed by atoms with Crippen LogP contribution in [0.4, 0.5) is 5.82 Å². The molecule has 86 valence electrons. The predicted octanol–water partition coefficient (Wildman–Crippen LogP) is 1.06. The minimum atomic E-state index is 0.443. The molecule has 0 N–H and O–H groups in total. The maximum Gasteiger partial charge on any atom is 0.128 e. The summed E-state index contributed by atoms with van der Waals surface area (Å²) in [4.78, 5) is 6.70. The SMILES string of the molecule is COCc1ccnc(N2CC3(COC3)C2)c1. The molecule has 2 aliphatic heterocycles. The molecule has 3 heterocycles. The van der Waals surface area contributed by atoms with Gasteiger partial charge in [-0.1, -0.05) is 0 Å². The molecule has 0 saturated carbocycles. The fraction of sp³-hybridized carbons (Fsp3) is 0.583. The van der Waals surface area contributed by atoms with Gasteiger partial charge < -0.3 is 14.4 Å². The van der Waals surface area contributed by atoms with Crippen molar-refractivity contribution in [2.24, 2.45) is 5.41 Å². The highest BCUT2D eigenvalue weighted by molar-refractivity contribution is 5.45. The molecule has 0 amide bonds. The lowest BCUT2D eigenvalue weighted by Gasteiger charge is -2.55. The first-order valence-corrected chi connectivity index (χ1v) is 5.58. The smallest absolute Gasteiger partial charge is 0.128 e. The first-order valence-electron chi connectivity index (χ1n) is 5.58. The van der Waals surface area contributed by atoms with E-state index in [1.807, 2.05) is 12.3 Å². The molecule has 0 unspecified atom stereocenters. The molecule has 1 aromatic heterocycles. The average molecular weight is 220 g/mol. The van der Waals surface area contributed by atoms with E-state index in [0.29, 0.717) is 12.0 Å². The first-order chi connectivity index (χ1) is 7.81. The van der Waals surface area contributed by atoms with Crippen molar-refractivity contribution in [3.05, 3.63) is 23.9 Å². The van der Waals surface area contributed by atoms with Crippen molar-refractivity contribution in [3.63, 3.8) is 0 Å². The molecule has 3 rings (SSSR count). The molecular formula is C12H16N2O2.